The predicted molar refractivity (Wildman–Crippen MR) is 141 cm³/mol. The van der Waals surface area contributed by atoms with Gasteiger partial charge in [0.15, 0.2) is 11.5 Å². The standard InChI is InChI=1S/C31H36ClNO4/c1-28(35,20-6-8-21(32)9-7-20)23-16-29-11-12-31(23,36-2)27-30(29)13-14-33(17-18-3-4-18)24(29)15-19-5-10-22(34)26(37-27)25(19)30/h5-10,18,23-24,27,34-35H,3-4,11-17H2,1-2H3/t23-,24-,27-,28-,29-,30+,31-/m1/s1. The smallest absolute Gasteiger partial charge is 0.165 e. The molecule has 5 nitrogen and oxygen atoms in total. The first-order chi connectivity index (χ1) is 17.8. The normalized spacial score (nSPS) is 40.7. The number of piperidine rings is 1. The summed E-state index contributed by atoms with van der Waals surface area (Å²) < 4.78 is 13.5. The molecule has 196 valence electrons. The number of rotatable bonds is 5. The molecule has 4 saturated carbocycles. The van der Waals surface area contributed by atoms with Gasteiger partial charge in [-0.1, -0.05) is 29.8 Å². The van der Waals surface area contributed by atoms with Crippen LogP contribution in [0.5, 0.6) is 11.5 Å². The Morgan fingerprint density at radius 1 is 1.14 bits per heavy atom. The number of halogens is 1. The van der Waals surface area contributed by atoms with E-state index in [1.165, 1.54) is 30.5 Å². The molecule has 9 rings (SSSR count). The zero-order valence-corrected chi connectivity index (χ0v) is 22.4. The molecular formula is C31H36ClNO4. The Morgan fingerprint density at radius 2 is 1.92 bits per heavy atom. The van der Waals surface area contributed by atoms with Crippen LogP contribution in [0.25, 0.3) is 0 Å². The molecule has 2 aliphatic heterocycles. The van der Waals surface area contributed by atoms with Crippen molar-refractivity contribution in [1.82, 2.24) is 4.90 Å². The SMILES string of the molecule is CO[C@]12CC[C@@]3(C[C@@H]1[C@](C)(O)c1ccc(Cl)cc1)[C@H]1Cc4ccc(O)c5c4[C@@]3(CCN1CC1CC1)[C@H]2O5. The molecule has 7 aliphatic rings. The molecule has 5 fully saturated rings. The summed E-state index contributed by atoms with van der Waals surface area (Å²) in [6.45, 7) is 4.20. The van der Waals surface area contributed by atoms with Gasteiger partial charge in [0, 0.05) is 47.0 Å². The summed E-state index contributed by atoms with van der Waals surface area (Å²) in [4.78, 5) is 2.80. The topological polar surface area (TPSA) is 62.2 Å². The van der Waals surface area contributed by atoms with Crippen molar-refractivity contribution in [2.75, 3.05) is 20.2 Å². The summed E-state index contributed by atoms with van der Waals surface area (Å²) in [6.07, 6.45) is 7.27. The second-order valence-corrected chi connectivity index (χ2v) is 13.5. The minimum atomic E-state index is -1.12. The molecule has 0 amide bonds. The third-order valence-electron chi connectivity index (χ3n) is 11.8. The van der Waals surface area contributed by atoms with Crippen molar-refractivity contribution in [3.05, 3.63) is 58.1 Å². The molecule has 5 aliphatic carbocycles. The number of phenolic OH excluding ortho intramolecular Hbond substituents is 1. The lowest BCUT2D eigenvalue weighted by Crippen LogP contribution is -2.82. The zero-order chi connectivity index (χ0) is 25.4. The van der Waals surface area contributed by atoms with Crippen molar-refractivity contribution >= 4 is 11.6 Å². The summed E-state index contributed by atoms with van der Waals surface area (Å²) in [5.41, 5.74) is 1.46. The van der Waals surface area contributed by atoms with Crippen molar-refractivity contribution in [2.24, 2.45) is 17.3 Å². The summed E-state index contributed by atoms with van der Waals surface area (Å²) in [6, 6.07) is 12.0. The van der Waals surface area contributed by atoms with E-state index in [9.17, 15) is 10.2 Å². The maximum Gasteiger partial charge on any atom is 0.165 e. The number of aliphatic hydroxyl groups is 1. The summed E-state index contributed by atoms with van der Waals surface area (Å²) in [5.74, 6) is 1.59. The van der Waals surface area contributed by atoms with Crippen molar-refractivity contribution in [3.63, 3.8) is 0 Å². The fraction of sp³-hybridized carbons (Fsp3) is 0.613. The van der Waals surface area contributed by atoms with Gasteiger partial charge in [0.2, 0.25) is 0 Å². The molecule has 2 N–H and O–H groups in total. The van der Waals surface area contributed by atoms with Gasteiger partial charge in [-0.05, 0) is 93.7 Å². The van der Waals surface area contributed by atoms with E-state index in [2.05, 4.69) is 11.0 Å². The highest BCUT2D eigenvalue weighted by Crippen LogP contribution is 2.78. The average Bonchev–Trinajstić information content (AvgIpc) is 3.64. The monoisotopic (exact) mass is 521 g/mol. The number of fused-ring (bicyclic) bond motifs is 2. The van der Waals surface area contributed by atoms with Crippen LogP contribution >= 0.6 is 11.6 Å². The van der Waals surface area contributed by atoms with Gasteiger partial charge in [-0.3, -0.25) is 4.90 Å². The van der Waals surface area contributed by atoms with Gasteiger partial charge < -0.3 is 19.7 Å². The Labute approximate surface area is 223 Å². The van der Waals surface area contributed by atoms with Gasteiger partial charge in [-0.15, -0.1) is 0 Å². The predicted octanol–water partition coefficient (Wildman–Crippen LogP) is 5.18. The van der Waals surface area contributed by atoms with Gasteiger partial charge in [-0.25, -0.2) is 0 Å². The van der Waals surface area contributed by atoms with Crippen LogP contribution in [0, 0.1) is 17.3 Å². The number of phenols is 1. The first kappa shape index (κ1) is 23.1. The first-order valence-corrected chi connectivity index (χ1v) is 14.4. The van der Waals surface area contributed by atoms with Crippen LogP contribution in [0.4, 0.5) is 0 Å². The van der Waals surface area contributed by atoms with E-state index >= 15 is 0 Å². The van der Waals surface area contributed by atoms with E-state index in [4.69, 9.17) is 21.1 Å². The lowest BCUT2D eigenvalue weighted by molar-refractivity contribution is -0.304. The van der Waals surface area contributed by atoms with E-state index in [1.54, 1.807) is 7.11 Å². The van der Waals surface area contributed by atoms with Gasteiger partial charge in [0.25, 0.3) is 0 Å². The van der Waals surface area contributed by atoms with E-state index in [1.807, 2.05) is 37.3 Å². The molecule has 1 saturated heterocycles. The molecule has 0 unspecified atom stereocenters. The van der Waals surface area contributed by atoms with Gasteiger partial charge >= 0.3 is 0 Å². The number of hydrogen-bond donors (Lipinski definition) is 2. The highest BCUT2D eigenvalue weighted by Gasteiger charge is 2.82. The van der Waals surface area contributed by atoms with Crippen LogP contribution in [0.1, 0.15) is 62.1 Å². The van der Waals surface area contributed by atoms with Crippen LogP contribution in [-0.2, 0) is 22.2 Å². The number of aromatic hydroxyl groups is 1. The molecule has 4 bridgehead atoms. The second kappa shape index (κ2) is 7.24. The Bertz CT molecular complexity index is 1290. The maximum atomic E-state index is 12.4. The largest absolute Gasteiger partial charge is 0.504 e. The minimum Gasteiger partial charge on any atom is -0.504 e. The van der Waals surface area contributed by atoms with Gasteiger partial charge in [0.1, 0.15) is 11.7 Å². The van der Waals surface area contributed by atoms with Crippen molar-refractivity contribution in [3.8, 4) is 11.5 Å². The molecular weight excluding hydrogens is 486 g/mol. The number of hydrogen-bond acceptors (Lipinski definition) is 5. The highest BCUT2D eigenvalue weighted by atomic mass is 35.5. The van der Waals surface area contributed by atoms with Crippen LogP contribution in [0.2, 0.25) is 5.02 Å². The van der Waals surface area contributed by atoms with Crippen LogP contribution in [0.3, 0.4) is 0 Å². The maximum absolute atomic E-state index is 12.4. The van der Waals surface area contributed by atoms with Gasteiger partial charge in [0.05, 0.1) is 5.60 Å². The fourth-order valence-corrected chi connectivity index (χ4v) is 10.2. The van der Waals surface area contributed by atoms with E-state index in [0.717, 1.165) is 50.1 Å². The molecule has 37 heavy (non-hydrogen) atoms. The molecule has 6 heteroatoms. The molecule has 2 heterocycles. The Hall–Kier alpha value is -1.79. The lowest BCUT2D eigenvalue weighted by atomic mass is 9.33. The zero-order valence-electron chi connectivity index (χ0n) is 21.7. The fourth-order valence-electron chi connectivity index (χ4n) is 10.0. The number of ether oxygens (including phenoxy) is 2. The molecule has 0 radical (unpaired) electrons. The molecule has 2 aromatic carbocycles. The Kier molecular flexibility index (Phi) is 4.52. The minimum absolute atomic E-state index is 0.0296. The van der Waals surface area contributed by atoms with Crippen LogP contribution in [0.15, 0.2) is 36.4 Å². The van der Waals surface area contributed by atoms with E-state index in [0.29, 0.717) is 16.8 Å². The molecule has 7 atom stereocenters. The number of benzene rings is 2. The van der Waals surface area contributed by atoms with Crippen LogP contribution in [-0.4, -0.2) is 53.1 Å². The number of likely N-dealkylation sites (tertiary alicyclic amines) is 1. The third kappa shape index (κ3) is 2.63. The van der Waals surface area contributed by atoms with Crippen molar-refractivity contribution in [1.29, 1.82) is 0 Å². The van der Waals surface area contributed by atoms with E-state index in [-0.39, 0.29) is 28.6 Å². The number of methoxy groups -OCH3 is 1. The number of nitrogens with zero attached hydrogens (tertiary/aromatic N) is 1. The molecule has 2 spiro atoms. The van der Waals surface area contributed by atoms with Crippen LogP contribution < -0.4 is 4.74 Å². The molecule has 2 aromatic rings. The highest BCUT2D eigenvalue weighted by molar-refractivity contribution is 6.30. The van der Waals surface area contributed by atoms with Gasteiger partial charge in [-0.2, -0.15) is 0 Å². The lowest BCUT2D eigenvalue weighted by Gasteiger charge is -2.75. The van der Waals surface area contributed by atoms with Crippen molar-refractivity contribution in [2.45, 2.75) is 80.6 Å². The Balaban J connectivity index is 1.34. The summed E-state index contributed by atoms with van der Waals surface area (Å²) in [5, 5.41) is 24.1. The third-order valence-corrected chi connectivity index (χ3v) is 12.0. The second-order valence-electron chi connectivity index (χ2n) is 13.1. The Morgan fingerprint density at radius 3 is 2.65 bits per heavy atom. The first-order valence-electron chi connectivity index (χ1n) is 14.1. The summed E-state index contributed by atoms with van der Waals surface area (Å²) in [7, 11) is 1.80. The average molecular weight is 522 g/mol. The molecule has 0 aromatic heterocycles. The summed E-state index contributed by atoms with van der Waals surface area (Å²) >= 11 is 6.23. The van der Waals surface area contributed by atoms with Crippen molar-refractivity contribution < 1.29 is 19.7 Å². The quantitative estimate of drug-likeness (QED) is 0.568. The van der Waals surface area contributed by atoms with E-state index < -0.39 is 11.2 Å².